The standard InChI is InChI=1S/C26H20F5N3S/c1-15(2)21-12-19(6-8-23(21)27)33-34-20-7-9-24(28)22(13-20)16-10-25(35-14-16)32-18-5-3-4-17(11-18)26(29,30)31/h3-15,32H,1-2H3/b34-33-. The van der Waals surface area contributed by atoms with Crippen LogP contribution in [0.3, 0.4) is 0 Å². The summed E-state index contributed by atoms with van der Waals surface area (Å²) in [4.78, 5) is 0. The van der Waals surface area contributed by atoms with Crippen molar-refractivity contribution in [3.8, 4) is 11.1 Å². The molecule has 1 N–H and O–H groups in total. The molecule has 4 rings (SSSR count). The van der Waals surface area contributed by atoms with Crippen molar-refractivity contribution < 1.29 is 22.0 Å². The van der Waals surface area contributed by atoms with E-state index in [2.05, 4.69) is 15.5 Å². The molecule has 0 bridgehead atoms. The van der Waals surface area contributed by atoms with Gasteiger partial charge in [-0.05, 0) is 77.7 Å². The summed E-state index contributed by atoms with van der Waals surface area (Å²) in [5.41, 5.74) is 1.74. The van der Waals surface area contributed by atoms with Gasteiger partial charge >= 0.3 is 6.18 Å². The maximum atomic E-state index is 14.6. The summed E-state index contributed by atoms with van der Waals surface area (Å²) >= 11 is 1.23. The van der Waals surface area contributed by atoms with Crippen LogP contribution in [0.2, 0.25) is 0 Å². The lowest BCUT2D eigenvalue weighted by Crippen LogP contribution is -2.04. The summed E-state index contributed by atoms with van der Waals surface area (Å²) in [5.74, 6) is -0.800. The van der Waals surface area contributed by atoms with Crippen LogP contribution in [0.5, 0.6) is 0 Å². The highest BCUT2D eigenvalue weighted by Crippen LogP contribution is 2.36. The van der Waals surface area contributed by atoms with Crippen LogP contribution in [0.15, 0.2) is 82.3 Å². The molecule has 0 unspecified atom stereocenters. The molecule has 35 heavy (non-hydrogen) atoms. The predicted octanol–water partition coefficient (Wildman–Crippen LogP) is 9.99. The van der Waals surface area contributed by atoms with Crippen LogP contribution in [0.1, 0.15) is 30.9 Å². The van der Waals surface area contributed by atoms with Crippen LogP contribution >= 0.6 is 11.3 Å². The van der Waals surface area contributed by atoms with Gasteiger partial charge in [-0.3, -0.25) is 0 Å². The van der Waals surface area contributed by atoms with Crippen LogP contribution < -0.4 is 5.32 Å². The first kappa shape index (κ1) is 24.5. The Morgan fingerprint density at radius 1 is 0.829 bits per heavy atom. The maximum Gasteiger partial charge on any atom is 0.416 e. The Balaban J connectivity index is 1.55. The van der Waals surface area contributed by atoms with E-state index in [-0.39, 0.29) is 23.0 Å². The molecule has 3 nitrogen and oxygen atoms in total. The molecule has 0 radical (unpaired) electrons. The quantitative estimate of drug-likeness (QED) is 0.207. The van der Waals surface area contributed by atoms with Gasteiger partial charge in [-0.25, -0.2) is 8.78 Å². The molecule has 0 atom stereocenters. The fourth-order valence-corrected chi connectivity index (χ4v) is 4.23. The summed E-state index contributed by atoms with van der Waals surface area (Å²) in [6, 6.07) is 15.3. The Kier molecular flexibility index (Phi) is 6.98. The molecule has 0 spiro atoms. The van der Waals surface area contributed by atoms with E-state index in [0.717, 1.165) is 12.1 Å². The number of hydrogen-bond donors (Lipinski definition) is 1. The van der Waals surface area contributed by atoms with Gasteiger partial charge in [-0.1, -0.05) is 19.9 Å². The molecule has 0 fully saturated rings. The van der Waals surface area contributed by atoms with Gasteiger partial charge in [-0.15, -0.1) is 11.3 Å². The van der Waals surface area contributed by atoms with Gasteiger partial charge in [0.2, 0.25) is 0 Å². The number of azo groups is 1. The summed E-state index contributed by atoms with van der Waals surface area (Å²) in [6.07, 6.45) is -4.44. The second-order valence-corrected chi connectivity index (χ2v) is 9.04. The average Bonchev–Trinajstić information content (AvgIpc) is 3.27. The van der Waals surface area contributed by atoms with Crippen LogP contribution in [-0.4, -0.2) is 0 Å². The molecule has 0 aliphatic rings. The van der Waals surface area contributed by atoms with E-state index >= 15 is 0 Å². The highest BCUT2D eigenvalue weighted by Gasteiger charge is 2.30. The minimum absolute atomic E-state index is 0.0140. The molecular weight excluding hydrogens is 481 g/mol. The normalized spacial score (nSPS) is 12.0. The number of benzene rings is 3. The van der Waals surface area contributed by atoms with E-state index in [1.165, 1.54) is 53.8 Å². The van der Waals surface area contributed by atoms with Gasteiger partial charge in [0.1, 0.15) is 11.6 Å². The molecule has 0 saturated carbocycles. The molecule has 9 heteroatoms. The van der Waals surface area contributed by atoms with Crippen molar-refractivity contribution in [3.05, 3.63) is 94.9 Å². The van der Waals surface area contributed by atoms with E-state index in [9.17, 15) is 22.0 Å². The Morgan fingerprint density at radius 3 is 2.20 bits per heavy atom. The van der Waals surface area contributed by atoms with Crippen molar-refractivity contribution in [2.24, 2.45) is 10.2 Å². The zero-order chi connectivity index (χ0) is 25.2. The number of nitrogens with one attached hydrogen (secondary N) is 1. The lowest BCUT2D eigenvalue weighted by molar-refractivity contribution is -0.137. The van der Waals surface area contributed by atoms with Crippen LogP contribution in [0.25, 0.3) is 11.1 Å². The molecule has 0 aliphatic heterocycles. The summed E-state index contributed by atoms with van der Waals surface area (Å²) < 4.78 is 67.4. The van der Waals surface area contributed by atoms with Gasteiger partial charge in [0.25, 0.3) is 0 Å². The third-order valence-corrected chi connectivity index (χ3v) is 6.05. The van der Waals surface area contributed by atoms with Crippen molar-refractivity contribution in [2.45, 2.75) is 25.9 Å². The van der Waals surface area contributed by atoms with Crippen molar-refractivity contribution in [1.82, 2.24) is 0 Å². The minimum atomic E-state index is -4.44. The molecule has 0 saturated heterocycles. The maximum absolute atomic E-state index is 14.6. The van der Waals surface area contributed by atoms with E-state index in [1.807, 2.05) is 13.8 Å². The molecule has 1 heterocycles. The zero-order valence-electron chi connectivity index (χ0n) is 18.7. The van der Waals surface area contributed by atoms with Gasteiger partial charge in [0.15, 0.2) is 0 Å². The lowest BCUT2D eigenvalue weighted by atomic mass is 10.0. The lowest BCUT2D eigenvalue weighted by Gasteiger charge is -2.09. The molecule has 3 aromatic carbocycles. The first-order valence-electron chi connectivity index (χ1n) is 10.6. The smallest absolute Gasteiger partial charge is 0.347 e. The molecular formula is C26H20F5N3S. The van der Waals surface area contributed by atoms with E-state index < -0.39 is 17.6 Å². The first-order chi connectivity index (χ1) is 16.6. The minimum Gasteiger partial charge on any atom is -0.347 e. The highest BCUT2D eigenvalue weighted by molar-refractivity contribution is 7.14. The Hall–Kier alpha value is -3.59. The van der Waals surface area contributed by atoms with Crippen molar-refractivity contribution in [2.75, 3.05) is 5.32 Å². The number of anilines is 2. The topological polar surface area (TPSA) is 36.8 Å². The molecule has 180 valence electrons. The van der Waals surface area contributed by atoms with Gasteiger partial charge in [-0.2, -0.15) is 23.4 Å². The number of alkyl halides is 3. The predicted molar refractivity (Wildman–Crippen MR) is 129 cm³/mol. The van der Waals surface area contributed by atoms with Crippen molar-refractivity contribution in [3.63, 3.8) is 0 Å². The third kappa shape index (κ3) is 5.92. The van der Waals surface area contributed by atoms with E-state index in [1.54, 1.807) is 17.5 Å². The third-order valence-electron chi connectivity index (χ3n) is 5.20. The SMILES string of the molecule is CC(C)c1cc(/N=N\c2ccc(F)c(-c3csc(Nc4cccc(C(F)(F)F)c4)c3)c2)ccc1F. The zero-order valence-corrected chi connectivity index (χ0v) is 19.5. The van der Waals surface area contributed by atoms with Crippen LogP contribution in [-0.2, 0) is 6.18 Å². The number of thiophene rings is 1. The van der Waals surface area contributed by atoms with Gasteiger partial charge in [0.05, 0.1) is 21.9 Å². The Morgan fingerprint density at radius 2 is 1.51 bits per heavy atom. The summed E-state index contributed by atoms with van der Waals surface area (Å²) in [6.45, 7) is 3.76. The summed E-state index contributed by atoms with van der Waals surface area (Å²) in [7, 11) is 0. The molecule has 1 aromatic heterocycles. The van der Waals surface area contributed by atoms with Crippen LogP contribution in [0, 0.1) is 11.6 Å². The Labute approximate surface area is 203 Å². The van der Waals surface area contributed by atoms with E-state index in [4.69, 9.17) is 0 Å². The molecule has 0 aliphatic carbocycles. The van der Waals surface area contributed by atoms with Crippen molar-refractivity contribution in [1.29, 1.82) is 0 Å². The second-order valence-electron chi connectivity index (χ2n) is 8.13. The largest absolute Gasteiger partial charge is 0.416 e. The summed E-state index contributed by atoms with van der Waals surface area (Å²) in [5, 5.41) is 13.5. The monoisotopic (exact) mass is 501 g/mol. The van der Waals surface area contributed by atoms with Crippen LogP contribution in [0.4, 0.5) is 44.0 Å². The number of halogens is 5. The first-order valence-corrected chi connectivity index (χ1v) is 11.5. The molecule has 4 aromatic rings. The fourth-order valence-electron chi connectivity index (χ4n) is 3.41. The highest BCUT2D eigenvalue weighted by atomic mass is 32.1. The second kappa shape index (κ2) is 9.95. The van der Waals surface area contributed by atoms with Gasteiger partial charge in [0, 0.05) is 16.6 Å². The van der Waals surface area contributed by atoms with E-state index in [0.29, 0.717) is 27.5 Å². The number of hydrogen-bond acceptors (Lipinski definition) is 4. The number of nitrogens with zero attached hydrogens (tertiary/aromatic N) is 2. The Bertz CT molecular complexity index is 1380. The number of rotatable bonds is 6. The molecule has 0 amide bonds. The van der Waals surface area contributed by atoms with Crippen molar-refractivity contribution >= 4 is 33.4 Å². The average molecular weight is 502 g/mol. The fraction of sp³-hybridized carbons (Fsp3) is 0.154. The van der Waals surface area contributed by atoms with Gasteiger partial charge < -0.3 is 5.32 Å².